The number of carbonyl (C=O) groups is 1. The number of carbonyl (C=O) groups excluding carboxylic acids is 1. The van der Waals surface area contributed by atoms with Gasteiger partial charge >= 0.3 is 0 Å². The molecule has 0 spiro atoms. The maximum atomic E-state index is 12.6. The summed E-state index contributed by atoms with van der Waals surface area (Å²) in [6.07, 6.45) is 1.10. The van der Waals surface area contributed by atoms with Crippen molar-refractivity contribution in [2.75, 3.05) is 72.7 Å². The van der Waals surface area contributed by atoms with Gasteiger partial charge in [-0.3, -0.25) is 4.79 Å². The van der Waals surface area contributed by atoms with E-state index >= 15 is 0 Å². The molecule has 210 valence electrons. The smallest absolute Gasteiger partial charge is 0.246 e. The molecule has 1 amide bonds. The van der Waals surface area contributed by atoms with E-state index < -0.39 is 5.54 Å². The van der Waals surface area contributed by atoms with Crippen molar-refractivity contribution in [1.82, 2.24) is 5.32 Å². The number of nitrogens with one attached hydrogen (secondary N) is 1. The van der Waals surface area contributed by atoms with Gasteiger partial charge in [-0.15, -0.1) is 0 Å². The van der Waals surface area contributed by atoms with Crippen LogP contribution in [-0.2, 0) is 38.0 Å². The zero-order chi connectivity index (χ0) is 26.5. The van der Waals surface area contributed by atoms with Crippen LogP contribution in [0.5, 0.6) is 0 Å². The summed E-state index contributed by atoms with van der Waals surface area (Å²) in [5.74, 6) is 0.398. The van der Waals surface area contributed by atoms with Gasteiger partial charge in [0.2, 0.25) is 5.91 Å². The molecule has 0 aromatic carbocycles. The quantitative estimate of drug-likeness (QED) is 0.199. The fraction of sp³-hybridized carbons (Fsp3) is 0.962. The Morgan fingerprint density at radius 3 is 1.34 bits per heavy atom. The summed E-state index contributed by atoms with van der Waals surface area (Å²) in [6.45, 7) is 20.4. The minimum atomic E-state index is -0.800. The molecule has 0 atom stereocenters. The summed E-state index contributed by atoms with van der Waals surface area (Å²) in [6, 6.07) is 0. The van der Waals surface area contributed by atoms with Crippen molar-refractivity contribution in [2.45, 2.75) is 85.7 Å². The minimum Gasteiger partial charge on any atom is -0.379 e. The number of rotatable bonds is 24. The fourth-order valence-electron chi connectivity index (χ4n) is 2.69. The average Bonchev–Trinajstić information content (AvgIpc) is 2.77. The third-order valence-electron chi connectivity index (χ3n) is 4.67. The van der Waals surface area contributed by atoms with Crippen molar-refractivity contribution in [3.63, 3.8) is 0 Å². The van der Waals surface area contributed by atoms with Gasteiger partial charge in [0.05, 0.1) is 77.8 Å². The van der Waals surface area contributed by atoms with Crippen LogP contribution >= 0.6 is 0 Å². The van der Waals surface area contributed by atoms with Crippen molar-refractivity contribution in [1.29, 1.82) is 0 Å². The lowest BCUT2D eigenvalue weighted by Crippen LogP contribution is -2.60. The lowest BCUT2D eigenvalue weighted by atomic mass is 10.0. The van der Waals surface area contributed by atoms with Crippen LogP contribution in [0, 0.1) is 5.92 Å². The van der Waals surface area contributed by atoms with E-state index in [1.807, 2.05) is 41.5 Å². The Morgan fingerprint density at radius 1 is 0.600 bits per heavy atom. The SMILES string of the molecule is CC(C)CCOCCOCCOCCOCC(=O)NC(COC(C)C)(COC(C)C)COC(C)C. The van der Waals surface area contributed by atoms with E-state index in [4.69, 9.17) is 33.2 Å². The Morgan fingerprint density at radius 2 is 0.971 bits per heavy atom. The first kappa shape index (κ1) is 34.2. The zero-order valence-corrected chi connectivity index (χ0v) is 23.6. The molecule has 0 fully saturated rings. The van der Waals surface area contributed by atoms with Gasteiger partial charge in [0.15, 0.2) is 0 Å². The minimum absolute atomic E-state index is 0.0131. The zero-order valence-electron chi connectivity index (χ0n) is 23.6. The van der Waals surface area contributed by atoms with Gasteiger partial charge in [-0.1, -0.05) is 13.8 Å². The third kappa shape index (κ3) is 22.1. The summed E-state index contributed by atoms with van der Waals surface area (Å²) in [4.78, 5) is 12.6. The van der Waals surface area contributed by atoms with E-state index in [0.717, 1.165) is 13.0 Å². The van der Waals surface area contributed by atoms with Crippen LogP contribution in [0.2, 0.25) is 0 Å². The predicted octanol–water partition coefficient (Wildman–Crippen LogP) is 3.23. The van der Waals surface area contributed by atoms with Gasteiger partial charge in [-0.2, -0.15) is 0 Å². The van der Waals surface area contributed by atoms with Crippen LogP contribution in [0.25, 0.3) is 0 Å². The molecule has 0 saturated carbocycles. The maximum Gasteiger partial charge on any atom is 0.246 e. The van der Waals surface area contributed by atoms with E-state index in [1.165, 1.54) is 0 Å². The van der Waals surface area contributed by atoms with E-state index in [2.05, 4.69) is 19.2 Å². The highest BCUT2D eigenvalue weighted by Gasteiger charge is 2.34. The maximum absolute atomic E-state index is 12.6. The molecule has 0 radical (unpaired) electrons. The van der Waals surface area contributed by atoms with Gasteiger partial charge in [0, 0.05) is 6.61 Å². The van der Waals surface area contributed by atoms with Crippen molar-refractivity contribution >= 4 is 5.91 Å². The van der Waals surface area contributed by atoms with Crippen molar-refractivity contribution in [3.8, 4) is 0 Å². The molecule has 0 aromatic rings. The summed E-state index contributed by atoms with van der Waals surface area (Å²) < 4.78 is 39.5. The van der Waals surface area contributed by atoms with Crippen LogP contribution in [-0.4, -0.2) is 102 Å². The van der Waals surface area contributed by atoms with Crippen molar-refractivity contribution in [3.05, 3.63) is 0 Å². The molecule has 0 aromatic heterocycles. The first-order chi connectivity index (χ1) is 16.6. The predicted molar refractivity (Wildman–Crippen MR) is 137 cm³/mol. The molecule has 0 aliphatic carbocycles. The molecule has 0 bridgehead atoms. The second-order valence-corrected chi connectivity index (χ2v) is 9.98. The van der Waals surface area contributed by atoms with Crippen LogP contribution < -0.4 is 5.32 Å². The lowest BCUT2D eigenvalue weighted by molar-refractivity contribution is -0.135. The number of ether oxygens (including phenoxy) is 7. The molecule has 0 unspecified atom stereocenters. The molecular formula is C26H53NO8. The molecule has 35 heavy (non-hydrogen) atoms. The average molecular weight is 508 g/mol. The molecule has 0 aliphatic heterocycles. The lowest BCUT2D eigenvalue weighted by Gasteiger charge is -2.36. The van der Waals surface area contributed by atoms with Crippen LogP contribution in [0.15, 0.2) is 0 Å². The van der Waals surface area contributed by atoms with Gasteiger partial charge in [0.25, 0.3) is 0 Å². The standard InChI is InChI=1S/C26H53NO8/c1-21(2)9-10-29-11-12-30-13-14-31-15-16-32-17-25(28)27-26(18-33-22(3)4,19-34-23(5)6)20-35-24(7)8/h21-24H,9-20H2,1-8H3,(H,27,28). The Hall–Kier alpha value is -0.810. The molecule has 9 nitrogen and oxygen atoms in total. The van der Waals surface area contributed by atoms with E-state index in [0.29, 0.717) is 45.6 Å². The monoisotopic (exact) mass is 507 g/mol. The summed E-state index contributed by atoms with van der Waals surface area (Å²) in [5, 5.41) is 3.03. The largest absolute Gasteiger partial charge is 0.379 e. The Balaban J connectivity index is 4.22. The molecule has 0 rings (SSSR count). The highest BCUT2D eigenvalue weighted by Crippen LogP contribution is 2.13. The normalized spacial score (nSPS) is 12.5. The Bertz CT molecular complexity index is 468. The first-order valence-electron chi connectivity index (χ1n) is 13.0. The molecule has 0 heterocycles. The molecule has 0 saturated heterocycles. The van der Waals surface area contributed by atoms with Gasteiger partial charge in [-0.05, 0) is 53.9 Å². The highest BCUT2D eigenvalue weighted by molar-refractivity contribution is 5.78. The van der Waals surface area contributed by atoms with Gasteiger partial charge in [-0.25, -0.2) is 0 Å². The van der Waals surface area contributed by atoms with Crippen LogP contribution in [0.4, 0.5) is 0 Å². The Kier molecular flexibility index (Phi) is 20.8. The molecule has 0 aliphatic rings. The van der Waals surface area contributed by atoms with E-state index in [1.54, 1.807) is 0 Å². The fourth-order valence-corrected chi connectivity index (χ4v) is 2.69. The second-order valence-electron chi connectivity index (χ2n) is 9.98. The highest BCUT2D eigenvalue weighted by atomic mass is 16.6. The van der Waals surface area contributed by atoms with Crippen LogP contribution in [0.3, 0.4) is 0 Å². The van der Waals surface area contributed by atoms with Gasteiger partial charge in [0.1, 0.15) is 12.1 Å². The van der Waals surface area contributed by atoms with Gasteiger partial charge < -0.3 is 38.5 Å². The summed E-state index contributed by atoms with van der Waals surface area (Å²) in [7, 11) is 0. The molecular weight excluding hydrogens is 454 g/mol. The van der Waals surface area contributed by atoms with E-state index in [-0.39, 0.29) is 50.6 Å². The molecule has 9 heteroatoms. The summed E-state index contributed by atoms with van der Waals surface area (Å²) in [5.41, 5.74) is -0.800. The topological polar surface area (TPSA) is 93.7 Å². The third-order valence-corrected chi connectivity index (χ3v) is 4.67. The van der Waals surface area contributed by atoms with Crippen molar-refractivity contribution in [2.24, 2.45) is 5.92 Å². The number of amides is 1. The number of hydrogen-bond donors (Lipinski definition) is 1. The first-order valence-corrected chi connectivity index (χ1v) is 13.0. The summed E-state index contributed by atoms with van der Waals surface area (Å²) >= 11 is 0. The van der Waals surface area contributed by atoms with Crippen molar-refractivity contribution < 1.29 is 38.0 Å². The van der Waals surface area contributed by atoms with Crippen LogP contribution in [0.1, 0.15) is 61.8 Å². The molecule has 1 N–H and O–H groups in total. The van der Waals surface area contributed by atoms with E-state index in [9.17, 15) is 4.79 Å². The number of hydrogen-bond acceptors (Lipinski definition) is 8. The second kappa shape index (κ2) is 21.3. The Labute approximate surface area is 213 Å².